The molecule has 3 rings (SSSR count). The molecule has 1 fully saturated rings. The van der Waals surface area contributed by atoms with Crippen molar-refractivity contribution in [1.82, 2.24) is 10.3 Å². The second-order valence-corrected chi connectivity index (χ2v) is 8.34. The molecule has 0 spiro atoms. The Kier molecular flexibility index (Phi) is 10.2. The number of carbonyl (C=O) groups is 1. The largest absolute Gasteiger partial charge is 0.489 e. The number of anilines is 1. The average Bonchev–Trinajstić information content (AvgIpc) is 2.83. The summed E-state index contributed by atoms with van der Waals surface area (Å²) in [6.07, 6.45) is 9.82. The van der Waals surface area contributed by atoms with Crippen molar-refractivity contribution in [3.63, 3.8) is 0 Å². The number of pyridine rings is 1. The van der Waals surface area contributed by atoms with Crippen LogP contribution in [-0.2, 0) is 4.79 Å². The van der Waals surface area contributed by atoms with E-state index < -0.39 is 12.5 Å². The first-order valence-electron chi connectivity index (χ1n) is 11.2. The number of nitriles is 1. The molecular formula is C26H24ClF2N5O3. The lowest BCUT2D eigenvalue weighted by Gasteiger charge is -2.26. The van der Waals surface area contributed by atoms with Crippen molar-refractivity contribution < 1.29 is 23.0 Å². The van der Waals surface area contributed by atoms with Crippen LogP contribution in [0, 0.1) is 17.2 Å². The second kappa shape index (κ2) is 13.8. The van der Waals surface area contributed by atoms with E-state index in [1.54, 1.807) is 18.2 Å². The van der Waals surface area contributed by atoms with Crippen molar-refractivity contribution in [2.24, 2.45) is 10.9 Å². The van der Waals surface area contributed by atoms with Crippen LogP contribution in [0.4, 0.5) is 14.6 Å². The van der Waals surface area contributed by atoms with Crippen LogP contribution < -0.4 is 20.1 Å². The van der Waals surface area contributed by atoms with Crippen LogP contribution in [0.2, 0.25) is 0 Å². The first-order valence-corrected chi connectivity index (χ1v) is 11.6. The number of hydrogen-bond donors (Lipinski definition) is 2. The lowest BCUT2D eigenvalue weighted by Crippen LogP contribution is -2.25. The molecule has 1 amide bonds. The predicted molar refractivity (Wildman–Crippen MR) is 137 cm³/mol. The SMILES string of the molecule is C=N/C=C(Cl)\C=C(\NC(=O)/C=C/c1cccc(OC(F)F)c1OCC1CCC1)Nc1ccc(C#N)cn1. The average molecular weight is 528 g/mol. The topological polar surface area (TPSA) is 109 Å². The standard InChI is InChI=1S/C26H24ClF2N5O3/c1-31-15-20(27)12-23(33-22-10-8-18(13-30)14-32-22)34-24(35)11-9-19-6-3-7-21(37-26(28)29)25(19)36-16-17-4-2-5-17/h3,6-12,14-15,17,26H,1-2,4-5,16H2,(H,32,33)(H,34,35)/b11-9+,20-15+,23-12+. The normalized spacial score (nSPS) is 14.1. The molecule has 37 heavy (non-hydrogen) atoms. The summed E-state index contributed by atoms with van der Waals surface area (Å²) in [5.41, 5.74) is 0.763. The van der Waals surface area contributed by atoms with E-state index in [4.69, 9.17) is 21.6 Å². The summed E-state index contributed by atoms with van der Waals surface area (Å²) in [6, 6.07) is 9.62. The van der Waals surface area contributed by atoms with Gasteiger partial charge in [-0.3, -0.25) is 9.79 Å². The molecule has 1 heterocycles. The van der Waals surface area contributed by atoms with Gasteiger partial charge < -0.3 is 20.1 Å². The van der Waals surface area contributed by atoms with Crippen LogP contribution >= 0.6 is 11.6 Å². The number of aromatic nitrogens is 1. The molecule has 1 saturated carbocycles. The first-order chi connectivity index (χ1) is 17.9. The second-order valence-electron chi connectivity index (χ2n) is 7.91. The Balaban J connectivity index is 1.79. The molecule has 192 valence electrons. The third kappa shape index (κ3) is 8.74. The maximum absolute atomic E-state index is 12.9. The van der Waals surface area contributed by atoms with Crippen LogP contribution in [0.25, 0.3) is 6.08 Å². The summed E-state index contributed by atoms with van der Waals surface area (Å²) < 4.78 is 36.3. The van der Waals surface area contributed by atoms with E-state index >= 15 is 0 Å². The highest BCUT2D eigenvalue weighted by molar-refractivity contribution is 6.31. The Labute approximate surface area is 218 Å². The van der Waals surface area contributed by atoms with Crippen molar-refractivity contribution in [2.45, 2.75) is 25.9 Å². The zero-order chi connectivity index (χ0) is 26.6. The Morgan fingerprint density at radius 2 is 2.16 bits per heavy atom. The molecule has 8 nitrogen and oxygen atoms in total. The molecule has 0 saturated heterocycles. The monoisotopic (exact) mass is 527 g/mol. The fourth-order valence-corrected chi connectivity index (χ4v) is 3.42. The Morgan fingerprint density at radius 1 is 1.35 bits per heavy atom. The quantitative estimate of drug-likeness (QED) is 0.211. The van der Waals surface area contributed by atoms with Crippen molar-refractivity contribution in [3.8, 4) is 17.6 Å². The fourth-order valence-electron chi connectivity index (χ4n) is 3.25. The Bertz CT molecular complexity index is 1240. The van der Waals surface area contributed by atoms with Gasteiger partial charge in [0.2, 0.25) is 5.91 Å². The van der Waals surface area contributed by atoms with Gasteiger partial charge in [0.1, 0.15) is 17.7 Å². The number of aliphatic imine (C=N–C) groups is 1. The summed E-state index contributed by atoms with van der Waals surface area (Å²) in [4.78, 5) is 20.4. The van der Waals surface area contributed by atoms with Gasteiger partial charge in [0.25, 0.3) is 0 Å². The van der Waals surface area contributed by atoms with E-state index in [0.717, 1.165) is 19.3 Å². The molecule has 0 aliphatic heterocycles. The van der Waals surface area contributed by atoms with Gasteiger partial charge in [-0.15, -0.1) is 0 Å². The van der Waals surface area contributed by atoms with Crippen molar-refractivity contribution in [2.75, 3.05) is 11.9 Å². The number of para-hydroxylation sites is 1. The number of halogens is 3. The van der Waals surface area contributed by atoms with Crippen LogP contribution in [0.3, 0.4) is 0 Å². The van der Waals surface area contributed by atoms with Gasteiger partial charge >= 0.3 is 6.61 Å². The third-order valence-corrected chi connectivity index (χ3v) is 5.44. The van der Waals surface area contributed by atoms with E-state index in [0.29, 0.717) is 29.5 Å². The minimum absolute atomic E-state index is 0.111. The molecule has 0 bridgehead atoms. The van der Waals surface area contributed by atoms with Gasteiger partial charge in [-0.2, -0.15) is 14.0 Å². The summed E-state index contributed by atoms with van der Waals surface area (Å²) in [7, 11) is 0. The molecule has 2 N–H and O–H groups in total. The number of hydrogen-bond acceptors (Lipinski definition) is 7. The number of amides is 1. The first kappa shape index (κ1) is 27.4. The van der Waals surface area contributed by atoms with Gasteiger partial charge in [-0.25, -0.2) is 4.98 Å². The van der Waals surface area contributed by atoms with Crippen LogP contribution in [0.1, 0.15) is 30.4 Å². The smallest absolute Gasteiger partial charge is 0.387 e. The number of carbonyl (C=O) groups excluding carboxylic acids is 1. The maximum Gasteiger partial charge on any atom is 0.387 e. The van der Waals surface area contributed by atoms with Crippen LogP contribution in [0.15, 0.2) is 70.7 Å². The van der Waals surface area contributed by atoms with Gasteiger partial charge in [-0.05, 0) is 55.8 Å². The van der Waals surface area contributed by atoms with Gasteiger partial charge in [-0.1, -0.05) is 30.2 Å². The van der Waals surface area contributed by atoms with E-state index in [-0.39, 0.29) is 22.4 Å². The number of rotatable bonds is 12. The van der Waals surface area contributed by atoms with Crippen molar-refractivity contribution >= 4 is 36.1 Å². The highest BCUT2D eigenvalue weighted by Crippen LogP contribution is 2.35. The Morgan fingerprint density at radius 3 is 2.78 bits per heavy atom. The fraction of sp³-hybridized carbons (Fsp3) is 0.231. The number of nitrogens with zero attached hydrogens (tertiary/aromatic N) is 3. The number of benzene rings is 1. The molecule has 1 aliphatic rings. The lowest BCUT2D eigenvalue weighted by atomic mass is 9.86. The summed E-state index contributed by atoms with van der Waals surface area (Å²) in [6.45, 7) is 0.678. The van der Waals surface area contributed by atoms with Gasteiger partial charge in [0, 0.05) is 24.0 Å². The van der Waals surface area contributed by atoms with E-state index in [1.807, 2.05) is 6.07 Å². The van der Waals surface area contributed by atoms with Crippen LogP contribution in [0.5, 0.6) is 11.5 Å². The maximum atomic E-state index is 12.9. The number of ether oxygens (including phenoxy) is 2. The summed E-state index contributed by atoms with van der Waals surface area (Å²) in [5.74, 6) is 0.324. The molecule has 1 aliphatic carbocycles. The van der Waals surface area contributed by atoms with Crippen molar-refractivity contribution in [3.05, 3.63) is 76.9 Å². The number of allylic oxidation sites excluding steroid dienone is 2. The minimum Gasteiger partial charge on any atom is -0.489 e. The molecule has 0 atom stereocenters. The lowest BCUT2D eigenvalue weighted by molar-refractivity contribution is -0.115. The van der Waals surface area contributed by atoms with E-state index in [2.05, 4.69) is 32.1 Å². The van der Waals surface area contributed by atoms with E-state index in [9.17, 15) is 13.6 Å². The predicted octanol–water partition coefficient (Wildman–Crippen LogP) is 5.60. The molecular weight excluding hydrogens is 504 g/mol. The number of nitrogens with one attached hydrogen (secondary N) is 2. The highest BCUT2D eigenvalue weighted by Gasteiger charge is 2.20. The summed E-state index contributed by atoms with van der Waals surface area (Å²) >= 11 is 6.09. The molecule has 1 aromatic heterocycles. The zero-order valence-electron chi connectivity index (χ0n) is 19.7. The number of alkyl halides is 2. The molecule has 11 heteroatoms. The summed E-state index contributed by atoms with van der Waals surface area (Å²) in [5, 5.41) is 14.6. The highest BCUT2D eigenvalue weighted by atomic mass is 35.5. The Hall–Kier alpha value is -4.23. The molecule has 2 aromatic rings. The van der Waals surface area contributed by atoms with Crippen molar-refractivity contribution in [1.29, 1.82) is 5.26 Å². The van der Waals surface area contributed by atoms with E-state index in [1.165, 1.54) is 42.8 Å². The molecule has 1 aromatic carbocycles. The van der Waals surface area contributed by atoms with Gasteiger partial charge in [0.05, 0.1) is 17.2 Å². The molecule has 0 radical (unpaired) electrons. The third-order valence-electron chi connectivity index (χ3n) is 5.24. The molecule has 0 unspecified atom stereocenters. The minimum atomic E-state index is -3.02. The zero-order valence-corrected chi connectivity index (χ0v) is 20.4. The van der Waals surface area contributed by atoms with Gasteiger partial charge in [0.15, 0.2) is 11.5 Å². The van der Waals surface area contributed by atoms with Crippen LogP contribution in [-0.4, -0.2) is 30.8 Å².